The molecule has 0 aliphatic rings. The van der Waals surface area contributed by atoms with Crippen LogP contribution in [0.2, 0.25) is 5.02 Å². The van der Waals surface area contributed by atoms with Crippen LogP contribution >= 0.6 is 27.5 Å². The van der Waals surface area contributed by atoms with Crippen LogP contribution < -0.4 is 0 Å². The molecular formula is C12H17BrClNO2S. The largest absolute Gasteiger partial charge is 0.244 e. The standard InChI is InChI=1S/C12H17BrClNO2S/c1-4-9(3)15(5-2)18(16,17)12-7-6-10(13)8-11(12)14/h6-9H,4-5H2,1-3H3. The van der Waals surface area contributed by atoms with E-state index in [4.69, 9.17) is 11.6 Å². The van der Waals surface area contributed by atoms with Gasteiger partial charge in [-0.15, -0.1) is 0 Å². The normalized spacial score (nSPS) is 13.9. The molecule has 0 radical (unpaired) electrons. The molecule has 1 aromatic rings. The monoisotopic (exact) mass is 353 g/mol. The van der Waals surface area contributed by atoms with Crippen molar-refractivity contribution < 1.29 is 8.42 Å². The molecule has 102 valence electrons. The molecule has 0 bridgehead atoms. The second kappa shape index (κ2) is 6.37. The van der Waals surface area contributed by atoms with E-state index in [1.165, 1.54) is 10.4 Å². The lowest BCUT2D eigenvalue weighted by atomic mass is 10.3. The van der Waals surface area contributed by atoms with Gasteiger partial charge in [-0.1, -0.05) is 41.4 Å². The van der Waals surface area contributed by atoms with Gasteiger partial charge in [0, 0.05) is 17.1 Å². The van der Waals surface area contributed by atoms with Crippen molar-refractivity contribution in [1.82, 2.24) is 4.31 Å². The summed E-state index contributed by atoms with van der Waals surface area (Å²) in [7, 11) is -3.53. The molecule has 0 fully saturated rings. The number of hydrogen-bond donors (Lipinski definition) is 0. The predicted molar refractivity (Wildman–Crippen MR) is 78.5 cm³/mol. The molecule has 1 atom stereocenters. The molecule has 0 spiro atoms. The van der Waals surface area contributed by atoms with E-state index in [2.05, 4.69) is 15.9 Å². The maximum absolute atomic E-state index is 12.5. The van der Waals surface area contributed by atoms with Crippen molar-refractivity contribution in [3.63, 3.8) is 0 Å². The first-order valence-electron chi connectivity index (χ1n) is 5.81. The average Bonchev–Trinajstić information content (AvgIpc) is 2.28. The van der Waals surface area contributed by atoms with Crippen LogP contribution in [-0.2, 0) is 10.0 Å². The summed E-state index contributed by atoms with van der Waals surface area (Å²) in [5, 5.41) is 0.242. The molecule has 0 aliphatic carbocycles. The Balaban J connectivity index is 3.27. The first kappa shape index (κ1) is 16.0. The van der Waals surface area contributed by atoms with Crippen LogP contribution in [0.5, 0.6) is 0 Å². The SMILES string of the molecule is CCC(C)N(CC)S(=O)(=O)c1ccc(Br)cc1Cl. The van der Waals surface area contributed by atoms with Gasteiger partial charge in [-0.05, 0) is 31.5 Å². The summed E-state index contributed by atoms with van der Waals surface area (Å²) in [6.45, 7) is 6.13. The minimum Gasteiger partial charge on any atom is -0.207 e. The van der Waals surface area contributed by atoms with Crippen LogP contribution in [-0.4, -0.2) is 25.3 Å². The van der Waals surface area contributed by atoms with E-state index in [0.717, 1.165) is 10.9 Å². The van der Waals surface area contributed by atoms with Gasteiger partial charge in [-0.3, -0.25) is 0 Å². The van der Waals surface area contributed by atoms with E-state index in [1.54, 1.807) is 12.1 Å². The second-order valence-corrected chi connectivity index (χ2v) is 7.22. The lowest BCUT2D eigenvalue weighted by Crippen LogP contribution is -2.38. The number of sulfonamides is 1. The van der Waals surface area contributed by atoms with Crippen molar-refractivity contribution in [2.75, 3.05) is 6.54 Å². The molecule has 1 rings (SSSR count). The number of benzene rings is 1. The Hall–Kier alpha value is -0.100. The minimum absolute atomic E-state index is 0.0419. The third kappa shape index (κ3) is 3.26. The average molecular weight is 355 g/mol. The van der Waals surface area contributed by atoms with E-state index < -0.39 is 10.0 Å². The minimum atomic E-state index is -3.53. The highest BCUT2D eigenvalue weighted by Gasteiger charge is 2.28. The van der Waals surface area contributed by atoms with Crippen LogP contribution in [0.15, 0.2) is 27.6 Å². The van der Waals surface area contributed by atoms with Crippen molar-refractivity contribution in [3.8, 4) is 0 Å². The van der Waals surface area contributed by atoms with E-state index in [-0.39, 0.29) is 16.0 Å². The first-order valence-corrected chi connectivity index (χ1v) is 8.42. The van der Waals surface area contributed by atoms with Crippen molar-refractivity contribution in [2.45, 2.75) is 38.1 Å². The van der Waals surface area contributed by atoms with E-state index in [1.807, 2.05) is 20.8 Å². The summed E-state index contributed by atoms with van der Waals surface area (Å²) in [5.74, 6) is 0. The van der Waals surface area contributed by atoms with Crippen molar-refractivity contribution >= 4 is 37.6 Å². The van der Waals surface area contributed by atoms with Gasteiger partial charge in [0.05, 0.1) is 5.02 Å². The Morgan fingerprint density at radius 3 is 2.44 bits per heavy atom. The maximum atomic E-state index is 12.5. The lowest BCUT2D eigenvalue weighted by Gasteiger charge is -2.26. The van der Waals surface area contributed by atoms with Gasteiger partial charge < -0.3 is 0 Å². The van der Waals surface area contributed by atoms with Crippen molar-refractivity contribution in [1.29, 1.82) is 0 Å². The van der Waals surface area contributed by atoms with Gasteiger partial charge in [-0.2, -0.15) is 4.31 Å². The molecule has 0 heterocycles. The predicted octanol–water partition coefficient (Wildman–Crippen LogP) is 3.91. The summed E-state index contributed by atoms with van der Waals surface area (Å²) >= 11 is 9.29. The van der Waals surface area contributed by atoms with Crippen LogP contribution in [0.3, 0.4) is 0 Å². The molecule has 1 aromatic carbocycles. The highest BCUT2D eigenvalue weighted by atomic mass is 79.9. The topological polar surface area (TPSA) is 37.4 Å². The van der Waals surface area contributed by atoms with Gasteiger partial charge in [0.25, 0.3) is 0 Å². The quantitative estimate of drug-likeness (QED) is 0.804. The summed E-state index contributed by atoms with van der Waals surface area (Å²) in [5.41, 5.74) is 0. The Kier molecular flexibility index (Phi) is 5.65. The fraction of sp³-hybridized carbons (Fsp3) is 0.500. The van der Waals surface area contributed by atoms with Gasteiger partial charge in [0.1, 0.15) is 4.90 Å². The molecular weight excluding hydrogens is 338 g/mol. The highest BCUT2D eigenvalue weighted by Crippen LogP contribution is 2.28. The zero-order valence-corrected chi connectivity index (χ0v) is 13.8. The molecule has 3 nitrogen and oxygen atoms in total. The zero-order chi connectivity index (χ0) is 13.9. The van der Waals surface area contributed by atoms with Crippen LogP contribution in [0.4, 0.5) is 0 Å². The molecule has 0 aliphatic heterocycles. The fourth-order valence-electron chi connectivity index (χ4n) is 1.73. The van der Waals surface area contributed by atoms with E-state index >= 15 is 0 Å². The number of halogens is 2. The third-order valence-corrected chi connectivity index (χ3v) is 5.94. The van der Waals surface area contributed by atoms with Gasteiger partial charge in [0.2, 0.25) is 10.0 Å². The second-order valence-electron chi connectivity index (χ2n) is 4.04. The van der Waals surface area contributed by atoms with E-state index in [9.17, 15) is 8.42 Å². The molecule has 0 N–H and O–H groups in total. The highest BCUT2D eigenvalue weighted by molar-refractivity contribution is 9.10. The number of rotatable bonds is 5. The third-order valence-electron chi connectivity index (χ3n) is 2.87. The van der Waals surface area contributed by atoms with Gasteiger partial charge >= 0.3 is 0 Å². The summed E-state index contributed by atoms with van der Waals surface area (Å²) in [6.07, 6.45) is 0.765. The Morgan fingerprint density at radius 1 is 1.39 bits per heavy atom. The van der Waals surface area contributed by atoms with Crippen LogP contribution in [0.1, 0.15) is 27.2 Å². The molecule has 6 heteroatoms. The lowest BCUT2D eigenvalue weighted by molar-refractivity contribution is 0.342. The molecule has 0 saturated heterocycles. The van der Waals surface area contributed by atoms with Crippen LogP contribution in [0, 0.1) is 0 Å². The molecule has 0 amide bonds. The number of hydrogen-bond acceptors (Lipinski definition) is 2. The smallest absolute Gasteiger partial charge is 0.207 e. The Morgan fingerprint density at radius 2 is 2.00 bits per heavy atom. The van der Waals surface area contributed by atoms with Gasteiger partial charge in [-0.25, -0.2) is 8.42 Å². The number of nitrogens with zero attached hydrogens (tertiary/aromatic N) is 1. The van der Waals surface area contributed by atoms with Crippen LogP contribution in [0.25, 0.3) is 0 Å². The van der Waals surface area contributed by atoms with Crippen molar-refractivity contribution in [3.05, 3.63) is 27.7 Å². The first-order chi connectivity index (χ1) is 8.34. The molecule has 1 unspecified atom stereocenters. The maximum Gasteiger partial charge on any atom is 0.244 e. The Bertz CT molecular complexity index is 519. The summed E-state index contributed by atoms with van der Waals surface area (Å²) in [6, 6.07) is 4.77. The summed E-state index contributed by atoms with van der Waals surface area (Å²) < 4.78 is 27.3. The molecule has 18 heavy (non-hydrogen) atoms. The molecule has 0 saturated carbocycles. The molecule has 0 aromatic heterocycles. The summed E-state index contributed by atoms with van der Waals surface area (Å²) in [4.78, 5) is 0.162. The Labute approximate surface area is 122 Å². The van der Waals surface area contributed by atoms with Crippen molar-refractivity contribution in [2.24, 2.45) is 0 Å². The van der Waals surface area contributed by atoms with Gasteiger partial charge in [0.15, 0.2) is 0 Å². The fourth-order valence-corrected chi connectivity index (χ4v) is 4.46. The zero-order valence-electron chi connectivity index (χ0n) is 10.7. The van der Waals surface area contributed by atoms with E-state index in [0.29, 0.717) is 6.54 Å².